The summed E-state index contributed by atoms with van der Waals surface area (Å²) in [6.45, 7) is 3.67. The van der Waals surface area contributed by atoms with Crippen LogP contribution < -0.4 is 14.4 Å². The zero-order valence-electron chi connectivity index (χ0n) is 17.6. The molecule has 174 valence electrons. The number of rotatable bonds is 8. The Morgan fingerprint density at radius 3 is 2.28 bits per heavy atom. The molecular weight excluding hydrogens is 446 g/mol. The van der Waals surface area contributed by atoms with Gasteiger partial charge in [-0.05, 0) is 38.1 Å². The van der Waals surface area contributed by atoms with E-state index < -0.39 is 40.0 Å². The summed E-state index contributed by atoms with van der Waals surface area (Å²) in [4.78, 5) is 12.5. The van der Waals surface area contributed by atoms with Crippen molar-refractivity contribution in [3.8, 4) is 11.5 Å². The first kappa shape index (κ1) is 23.7. The van der Waals surface area contributed by atoms with Crippen molar-refractivity contribution < 1.29 is 36.6 Å². The van der Waals surface area contributed by atoms with E-state index in [1.165, 1.54) is 22.5 Å². The summed E-state index contributed by atoms with van der Waals surface area (Å²) in [5, 5.41) is 8.68. The van der Waals surface area contributed by atoms with E-state index in [-0.39, 0.29) is 42.9 Å². The highest BCUT2D eigenvalue weighted by Gasteiger charge is 2.29. The molecule has 8 nitrogen and oxygen atoms in total. The summed E-state index contributed by atoms with van der Waals surface area (Å²) in [7, 11) is -3.73. The lowest BCUT2D eigenvalue weighted by atomic mass is 10.2. The van der Waals surface area contributed by atoms with Gasteiger partial charge in [-0.15, -0.1) is 0 Å². The number of halogens is 2. The number of sulfonamides is 1. The van der Waals surface area contributed by atoms with Crippen LogP contribution >= 0.6 is 0 Å². The van der Waals surface area contributed by atoms with E-state index >= 15 is 0 Å². The molecule has 0 aliphatic carbocycles. The molecule has 1 aliphatic rings. The van der Waals surface area contributed by atoms with Gasteiger partial charge in [-0.1, -0.05) is 0 Å². The number of nitrogens with zero attached hydrogens (tertiary/aromatic N) is 2. The predicted octanol–water partition coefficient (Wildman–Crippen LogP) is 2.73. The Labute approximate surface area is 185 Å². The van der Waals surface area contributed by atoms with Crippen LogP contribution in [0.3, 0.4) is 0 Å². The first-order chi connectivity index (χ1) is 15.1. The zero-order chi connectivity index (χ0) is 23.5. The smallest absolute Gasteiger partial charge is 0.341 e. The number of piperazine rings is 1. The molecule has 0 spiro atoms. The summed E-state index contributed by atoms with van der Waals surface area (Å²) in [6.07, 6.45) is -0.0307. The normalized spacial score (nSPS) is 15.1. The van der Waals surface area contributed by atoms with Gasteiger partial charge in [0.25, 0.3) is 0 Å². The Kier molecular flexibility index (Phi) is 7.19. The van der Waals surface area contributed by atoms with Gasteiger partial charge < -0.3 is 19.5 Å². The van der Waals surface area contributed by atoms with Gasteiger partial charge in [-0.2, -0.15) is 8.70 Å². The Morgan fingerprint density at radius 1 is 1.09 bits per heavy atom. The van der Waals surface area contributed by atoms with Crippen molar-refractivity contribution in [2.24, 2.45) is 0 Å². The molecule has 1 heterocycles. The van der Waals surface area contributed by atoms with Crippen molar-refractivity contribution in [1.29, 1.82) is 0 Å². The fraction of sp³-hybridized carbons (Fsp3) is 0.381. The summed E-state index contributed by atoms with van der Waals surface area (Å²) >= 11 is 0. The van der Waals surface area contributed by atoms with E-state index in [0.717, 1.165) is 6.07 Å². The first-order valence-electron chi connectivity index (χ1n) is 9.93. The maximum atomic E-state index is 14.0. The highest BCUT2D eigenvalue weighted by Crippen LogP contribution is 2.29. The molecule has 0 radical (unpaired) electrons. The average Bonchev–Trinajstić information content (AvgIpc) is 2.74. The van der Waals surface area contributed by atoms with Gasteiger partial charge in [0.05, 0.1) is 11.0 Å². The van der Waals surface area contributed by atoms with E-state index in [9.17, 15) is 22.0 Å². The molecule has 0 unspecified atom stereocenters. The van der Waals surface area contributed by atoms with Crippen LogP contribution in [0.15, 0.2) is 41.3 Å². The fourth-order valence-corrected chi connectivity index (χ4v) is 4.70. The fourth-order valence-electron chi connectivity index (χ4n) is 3.28. The molecule has 2 aromatic rings. The molecule has 0 amide bonds. The molecule has 0 atom stereocenters. The Balaban J connectivity index is 1.70. The SMILES string of the molecule is CC(C)Oc1ccc(S(=O)(=O)N2CCN(c3cc(F)c(F)c(OCC(=O)O)c3)CC2)cc1. The third-order valence-electron chi connectivity index (χ3n) is 4.77. The minimum Gasteiger partial charge on any atom is -0.491 e. The van der Waals surface area contributed by atoms with Gasteiger partial charge in [0, 0.05) is 44.0 Å². The second kappa shape index (κ2) is 9.70. The number of benzene rings is 2. The molecule has 1 saturated heterocycles. The lowest BCUT2D eigenvalue weighted by Gasteiger charge is -2.35. The standard InChI is InChI=1S/C21H24F2N2O6S/c1-14(2)31-16-3-5-17(6-4-16)32(28,29)25-9-7-24(8-10-25)15-11-18(22)21(23)19(12-15)30-13-20(26)27/h3-6,11-12,14H,7-10,13H2,1-2H3,(H,26,27). The molecule has 0 aromatic heterocycles. The molecule has 11 heteroatoms. The number of ether oxygens (including phenoxy) is 2. The van der Waals surface area contributed by atoms with Crippen molar-refractivity contribution in [3.63, 3.8) is 0 Å². The van der Waals surface area contributed by atoms with Crippen molar-refractivity contribution in [3.05, 3.63) is 48.0 Å². The lowest BCUT2D eigenvalue weighted by molar-refractivity contribution is -0.139. The van der Waals surface area contributed by atoms with Gasteiger partial charge in [-0.3, -0.25) is 0 Å². The van der Waals surface area contributed by atoms with Crippen LogP contribution in [-0.4, -0.2) is 62.7 Å². The number of carboxylic acid groups (broad SMARTS) is 1. The Bertz CT molecular complexity index is 1070. The first-order valence-corrected chi connectivity index (χ1v) is 11.4. The summed E-state index contributed by atoms with van der Waals surface area (Å²) < 4.78 is 65.4. The van der Waals surface area contributed by atoms with Crippen LogP contribution in [0.25, 0.3) is 0 Å². The van der Waals surface area contributed by atoms with Crippen LogP contribution in [0.4, 0.5) is 14.5 Å². The minimum atomic E-state index is -3.73. The van der Waals surface area contributed by atoms with Crippen LogP contribution in [0.1, 0.15) is 13.8 Å². The van der Waals surface area contributed by atoms with Crippen molar-refractivity contribution >= 4 is 21.7 Å². The van der Waals surface area contributed by atoms with Gasteiger partial charge >= 0.3 is 5.97 Å². The topological polar surface area (TPSA) is 96.4 Å². The summed E-state index contributed by atoms with van der Waals surface area (Å²) in [5.41, 5.74) is 0.275. The quantitative estimate of drug-likeness (QED) is 0.634. The summed E-state index contributed by atoms with van der Waals surface area (Å²) in [6, 6.07) is 8.35. The van der Waals surface area contributed by atoms with E-state index in [1.807, 2.05) is 13.8 Å². The third kappa shape index (κ3) is 5.46. The predicted molar refractivity (Wildman–Crippen MR) is 113 cm³/mol. The van der Waals surface area contributed by atoms with Gasteiger partial charge in [0.2, 0.25) is 15.8 Å². The zero-order valence-corrected chi connectivity index (χ0v) is 18.4. The van der Waals surface area contributed by atoms with Gasteiger partial charge in [-0.25, -0.2) is 17.6 Å². The van der Waals surface area contributed by atoms with Crippen molar-refractivity contribution in [1.82, 2.24) is 4.31 Å². The highest BCUT2D eigenvalue weighted by atomic mass is 32.2. The molecule has 32 heavy (non-hydrogen) atoms. The largest absolute Gasteiger partial charge is 0.491 e. The molecule has 1 fully saturated rings. The lowest BCUT2D eigenvalue weighted by Crippen LogP contribution is -2.48. The highest BCUT2D eigenvalue weighted by molar-refractivity contribution is 7.89. The van der Waals surface area contributed by atoms with Crippen LogP contribution in [-0.2, 0) is 14.8 Å². The Hall–Kier alpha value is -2.92. The monoisotopic (exact) mass is 470 g/mol. The van der Waals surface area contributed by atoms with Crippen molar-refractivity contribution in [2.45, 2.75) is 24.8 Å². The third-order valence-corrected chi connectivity index (χ3v) is 6.68. The van der Waals surface area contributed by atoms with Gasteiger partial charge in [0.1, 0.15) is 5.75 Å². The van der Waals surface area contributed by atoms with Crippen molar-refractivity contribution in [2.75, 3.05) is 37.7 Å². The molecule has 1 N–H and O–H groups in total. The number of carbonyl (C=O) groups is 1. The Morgan fingerprint density at radius 2 is 1.72 bits per heavy atom. The average molecular weight is 470 g/mol. The number of carboxylic acids is 1. The maximum Gasteiger partial charge on any atom is 0.341 e. The van der Waals surface area contributed by atoms with Crippen LogP contribution in [0, 0.1) is 11.6 Å². The van der Waals surface area contributed by atoms with Crippen LogP contribution in [0.5, 0.6) is 11.5 Å². The maximum absolute atomic E-state index is 14.0. The number of aliphatic carboxylic acids is 1. The second-order valence-electron chi connectivity index (χ2n) is 7.45. The summed E-state index contributed by atoms with van der Waals surface area (Å²) in [5.74, 6) is -3.72. The molecule has 3 rings (SSSR count). The molecule has 0 bridgehead atoms. The molecule has 1 aliphatic heterocycles. The van der Waals surface area contributed by atoms with E-state index in [2.05, 4.69) is 0 Å². The number of hydrogen-bond acceptors (Lipinski definition) is 6. The van der Waals surface area contributed by atoms with Crippen LogP contribution in [0.2, 0.25) is 0 Å². The van der Waals surface area contributed by atoms with E-state index in [0.29, 0.717) is 5.75 Å². The van der Waals surface area contributed by atoms with E-state index in [1.54, 1.807) is 17.0 Å². The minimum absolute atomic E-state index is 0.0307. The molecule has 0 saturated carbocycles. The molecule has 2 aromatic carbocycles. The number of hydrogen-bond donors (Lipinski definition) is 1. The van der Waals surface area contributed by atoms with Gasteiger partial charge in [0.15, 0.2) is 18.2 Å². The second-order valence-corrected chi connectivity index (χ2v) is 9.39. The number of anilines is 1. The van der Waals surface area contributed by atoms with E-state index in [4.69, 9.17) is 14.6 Å². The molecular formula is C21H24F2N2O6S.